The monoisotopic (exact) mass is 298 g/mol. The summed E-state index contributed by atoms with van der Waals surface area (Å²) in [7, 11) is 0. The maximum atomic E-state index is 11.9. The van der Waals surface area contributed by atoms with Crippen molar-refractivity contribution in [1.82, 2.24) is 5.32 Å². The van der Waals surface area contributed by atoms with Gasteiger partial charge < -0.3 is 5.32 Å². The number of amides is 1. The van der Waals surface area contributed by atoms with Gasteiger partial charge in [0.15, 0.2) is 5.78 Å². The number of rotatable bonds is 5. The molecule has 5 heteroatoms. The lowest BCUT2D eigenvalue weighted by atomic mass is 10.1. The van der Waals surface area contributed by atoms with Crippen LogP contribution in [0.25, 0.3) is 0 Å². The molecule has 0 saturated carbocycles. The van der Waals surface area contributed by atoms with E-state index in [4.69, 9.17) is 5.26 Å². The normalized spacial score (nSPS) is 9.90. The predicted molar refractivity (Wildman–Crippen MR) is 81.5 cm³/mol. The second-order valence-electron chi connectivity index (χ2n) is 4.52. The predicted octanol–water partition coefficient (Wildman–Crippen LogP) is 2.79. The molecule has 1 aromatic heterocycles. The molecule has 4 nitrogen and oxygen atoms in total. The Morgan fingerprint density at radius 3 is 2.76 bits per heavy atom. The van der Waals surface area contributed by atoms with Gasteiger partial charge in [0.1, 0.15) is 0 Å². The fraction of sp³-hybridized carbons (Fsp3) is 0.188. The molecule has 1 aromatic carbocycles. The minimum Gasteiger partial charge on any atom is -0.352 e. The van der Waals surface area contributed by atoms with Crippen LogP contribution in [-0.2, 0) is 6.42 Å². The summed E-state index contributed by atoms with van der Waals surface area (Å²) in [5.41, 5.74) is 0.941. The molecule has 0 spiro atoms. The van der Waals surface area contributed by atoms with Crippen LogP contribution in [0.2, 0.25) is 0 Å². The van der Waals surface area contributed by atoms with E-state index in [0.29, 0.717) is 24.1 Å². The molecule has 0 fully saturated rings. The van der Waals surface area contributed by atoms with Crippen molar-refractivity contribution in [3.8, 4) is 6.07 Å². The van der Waals surface area contributed by atoms with Crippen LogP contribution in [0.15, 0.2) is 36.4 Å². The maximum Gasteiger partial charge on any atom is 0.251 e. The van der Waals surface area contributed by atoms with Gasteiger partial charge >= 0.3 is 0 Å². The Kier molecular flexibility index (Phi) is 4.85. The van der Waals surface area contributed by atoms with Crippen molar-refractivity contribution >= 4 is 23.0 Å². The second-order valence-corrected chi connectivity index (χ2v) is 5.69. The third-order valence-electron chi connectivity index (χ3n) is 2.92. The SMILES string of the molecule is CC(=O)c1ccc(CCNC(=O)c2cccc(C#N)c2)s1. The topological polar surface area (TPSA) is 70.0 Å². The van der Waals surface area contributed by atoms with Gasteiger partial charge in [-0.15, -0.1) is 11.3 Å². The van der Waals surface area contributed by atoms with Gasteiger partial charge in [0, 0.05) is 17.0 Å². The number of hydrogen-bond acceptors (Lipinski definition) is 4. The Morgan fingerprint density at radius 1 is 1.29 bits per heavy atom. The standard InChI is InChI=1S/C16H14N2O2S/c1-11(19)15-6-5-14(21-15)7-8-18-16(20)13-4-2-3-12(9-13)10-17/h2-6,9H,7-8H2,1H3,(H,18,20). The van der Waals surface area contributed by atoms with Crippen molar-refractivity contribution in [2.45, 2.75) is 13.3 Å². The first-order chi connectivity index (χ1) is 10.1. The molecule has 0 aliphatic rings. The van der Waals surface area contributed by atoms with E-state index in [1.807, 2.05) is 12.1 Å². The van der Waals surface area contributed by atoms with Gasteiger partial charge in [-0.1, -0.05) is 6.07 Å². The third kappa shape index (κ3) is 4.01. The maximum absolute atomic E-state index is 11.9. The van der Waals surface area contributed by atoms with Gasteiger partial charge in [-0.2, -0.15) is 5.26 Å². The number of hydrogen-bond donors (Lipinski definition) is 1. The number of nitrogens with zero attached hydrogens (tertiary/aromatic N) is 1. The van der Waals surface area contributed by atoms with Gasteiger partial charge in [-0.25, -0.2) is 0 Å². The number of benzene rings is 1. The number of carbonyl (C=O) groups is 2. The smallest absolute Gasteiger partial charge is 0.251 e. The fourth-order valence-corrected chi connectivity index (χ4v) is 2.74. The van der Waals surface area contributed by atoms with Gasteiger partial charge in [-0.3, -0.25) is 9.59 Å². The number of nitrogens with one attached hydrogen (secondary N) is 1. The molecule has 0 radical (unpaired) electrons. The number of carbonyl (C=O) groups excluding carboxylic acids is 2. The molecule has 106 valence electrons. The fourth-order valence-electron chi connectivity index (χ4n) is 1.83. The van der Waals surface area contributed by atoms with E-state index in [-0.39, 0.29) is 11.7 Å². The van der Waals surface area contributed by atoms with E-state index < -0.39 is 0 Å². The van der Waals surface area contributed by atoms with Crippen molar-refractivity contribution in [3.63, 3.8) is 0 Å². The largest absolute Gasteiger partial charge is 0.352 e. The van der Waals surface area contributed by atoms with E-state index in [0.717, 1.165) is 9.75 Å². The van der Waals surface area contributed by atoms with Gasteiger partial charge in [0.2, 0.25) is 0 Å². The lowest BCUT2D eigenvalue weighted by Gasteiger charge is -2.04. The van der Waals surface area contributed by atoms with Crippen LogP contribution in [0.4, 0.5) is 0 Å². The van der Waals surface area contributed by atoms with Crippen LogP contribution in [0.5, 0.6) is 0 Å². The summed E-state index contributed by atoms with van der Waals surface area (Å²) in [5, 5.41) is 11.6. The van der Waals surface area contributed by atoms with Crippen LogP contribution in [0, 0.1) is 11.3 Å². The average molecular weight is 298 g/mol. The molecule has 0 aliphatic heterocycles. The molecule has 0 saturated heterocycles. The van der Waals surface area contributed by atoms with Crippen LogP contribution in [0.1, 0.15) is 37.4 Å². The average Bonchev–Trinajstić information content (AvgIpc) is 2.96. The summed E-state index contributed by atoms with van der Waals surface area (Å²) in [6.45, 7) is 2.03. The van der Waals surface area contributed by atoms with E-state index in [9.17, 15) is 9.59 Å². The van der Waals surface area contributed by atoms with Crippen molar-refractivity contribution < 1.29 is 9.59 Å². The quantitative estimate of drug-likeness (QED) is 0.863. The van der Waals surface area contributed by atoms with Gasteiger partial charge in [0.05, 0.1) is 16.5 Å². The highest BCUT2D eigenvalue weighted by Gasteiger charge is 2.07. The molecular weight excluding hydrogens is 284 g/mol. The highest BCUT2D eigenvalue weighted by molar-refractivity contribution is 7.14. The first-order valence-electron chi connectivity index (χ1n) is 6.48. The van der Waals surface area contributed by atoms with Crippen molar-refractivity contribution in [2.24, 2.45) is 0 Å². The van der Waals surface area contributed by atoms with Crippen LogP contribution >= 0.6 is 11.3 Å². The number of nitriles is 1. The molecule has 2 aromatic rings. The number of ketones is 1. The van der Waals surface area contributed by atoms with Crippen LogP contribution in [0.3, 0.4) is 0 Å². The molecule has 0 atom stereocenters. The van der Waals surface area contributed by atoms with Crippen LogP contribution < -0.4 is 5.32 Å². The first-order valence-corrected chi connectivity index (χ1v) is 7.30. The molecular formula is C16H14N2O2S. The Labute approximate surface area is 127 Å². The van der Waals surface area contributed by atoms with E-state index in [1.165, 1.54) is 11.3 Å². The molecule has 1 N–H and O–H groups in total. The van der Waals surface area contributed by atoms with E-state index in [2.05, 4.69) is 5.32 Å². The minimum absolute atomic E-state index is 0.0589. The lowest BCUT2D eigenvalue weighted by molar-refractivity contribution is 0.0953. The Morgan fingerprint density at radius 2 is 2.10 bits per heavy atom. The molecule has 1 heterocycles. The number of Topliss-reactive ketones (excluding diaryl/α,β-unsaturated/α-hetero) is 1. The third-order valence-corrected chi connectivity index (χ3v) is 4.17. The molecule has 0 aliphatic carbocycles. The van der Waals surface area contributed by atoms with Crippen LogP contribution in [-0.4, -0.2) is 18.2 Å². The molecule has 0 unspecified atom stereocenters. The van der Waals surface area contributed by atoms with E-state index >= 15 is 0 Å². The highest BCUT2D eigenvalue weighted by Crippen LogP contribution is 2.17. The second kappa shape index (κ2) is 6.82. The molecule has 2 rings (SSSR count). The van der Waals surface area contributed by atoms with Gasteiger partial charge in [-0.05, 0) is 43.7 Å². The zero-order valence-corrected chi connectivity index (χ0v) is 12.4. The Balaban J connectivity index is 1.89. The zero-order chi connectivity index (χ0) is 15.2. The first kappa shape index (κ1) is 14.9. The highest BCUT2D eigenvalue weighted by atomic mass is 32.1. The molecule has 0 bridgehead atoms. The Hall–Kier alpha value is -2.45. The summed E-state index contributed by atoms with van der Waals surface area (Å²) >= 11 is 1.45. The van der Waals surface area contributed by atoms with E-state index in [1.54, 1.807) is 37.3 Å². The van der Waals surface area contributed by atoms with Crippen molar-refractivity contribution in [3.05, 3.63) is 57.3 Å². The van der Waals surface area contributed by atoms with Gasteiger partial charge in [0.25, 0.3) is 5.91 Å². The lowest BCUT2D eigenvalue weighted by Crippen LogP contribution is -2.25. The summed E-state index contributed by atoms with van der Waals surface area (Å²) in [6.07, 6.45) is 0.682. The summed E-state index contributed by atoms with van der Waals surface area (Å²) in [6, 6.07) is 12.3. The molecule has 1 amide bonds. The molecule has 21 heavy (non-hydrogen) atoms. The summed E-state index contributed by atoms with van der Waals surface area (Å²) in [4.78, 5) is 24.9. The minimum atomic E-state index is -0.199. The number of thiophene rings is 1. The summed E-state index contributed by atoms with van der Waals surface area (Å²) < 4.78 is 0. The Bertz CT molecular complexity index is 713. The van der Waals surface area contributed by atoms with Crippen molar-refractivity contribution in [2.75, 3.05) is 6.54 Å². The van der Waals surface area contributed by atoms with Crippen molar-refractivity contribution in [1.29, 1.82) is 5.26 Å². The zero-order valence-electron chi connectivity index (χ0n) is 11.6. The summed E-state index contributed by atoms with van der Waals surface area (Å²) in [5.74, 6) is -0.140.